The van der Waals surface area contributed by atoms with Crippen molar-refractivity contribution in [2.24, 2.45) is 0 Å². The molecule has 0 aromatic heterocycles. The molecule has 0 saturated carbocycles. The van der Waals surface area contributed by atoms with E-state index in [2.05, 4.69) is 19.2 Å². The van der Waals surface area contributed by atoms with Crippen LogP contribution in [0.15, 0.2) is 0 Å². The summed E-state index contributed by atoms with van der Waals surface area (Å²) in [4.78, 5) is 24.4. The number of aliphatic hydroxyl groups is 2. The molecule has 0 aliphatic heterocycles. The number of aliphatic hydroxyl groups excluding tert-OH is 2. The van der Waals surface area contributed by atoms with E-state index < -0.39 is 12.1 Å². The van der Waals surface area contributed by atoms with Gasteiger partial charge >= 0.3 is 5.97 Å². The molecule has 0 aromatic rings. The number of unbranched alkanes of at least 4 members (excludes halogenated alkanes) is 34. The molecule has 0 radical (unpaired) electrons. The van der Waals surface area contributed by atoms with Gasteiger partial charge in [0.05, 0.1) is 25.4 Å². The van der Waals surface area contributed by atoms with Gasteiger partial charge in [-0.15, -0.1) is 0 Å². The first-order chi connectivity index (χ1) is 26.5. The van der Waals surface area contributed by atoms with E-state index in [4.69, 9.17) is 4.74 Å². The van der Waals surface area contributed by atoms with E-state index in [0.717, 1.165) is 51.4 Å². The third kappa shape index (κ3) is 40.5. The monoisotopic (exact) mass is 766 g/mol. The van der Waals surface area contributed by atoms with Crippen LogP contribution in [-0.2, 0) is 14.3 Å². The lowest BCUT2D eigenvalue weighted by Gasteiger charge is -2.22. The van der Waals surface area contributed by atoms with Crippen molar-refractivity contribution in [2.45, 2.75) is 283 Å². The molecule has 0 heterocycles. The zero-order valence-corrected chi connectivity index (χ0v) is 36.5. The van der Waals surface area contributed by atoms with Gasteiger partial charge in [-0.1, -0.05) is 232 Å². The largest absolute Gasteiger partial charge is 0.466 e. The summed E-state index contributed by atoms with van der Waals surface area (Å²) < 4.78 is 5.45. The molecule has 6 nitrogen and oxygen atoms in total. The van der Waals surface area contributed by atoms with Crippen molar-refractivity contribution in [3.63, 3.8) is 0 Å². The molecule has 0 aliphatic rings. The van der Waals surface area contributed by atoms with E-state index in [9.17, 15) is 19.8 Å². The van der Waals surface area contributed by atoms with E-state index in [1.54, 1.807) is 0 Å². The minimum absolute atomic E-state index is 0.00379. The molecule has 2 atom stereocenters. The number of hydrogen-bond acceptors (Lipinski definition) is 5. The summed E-state index contributed by atoms with van der Waals surface area (Å²) in [6.07, 6.45) is 47.7. The average Bonchev–Trinajstić information content (AvgIpc) is 3.17. The van der Waals surface area contributed by atoms with Gasteiger partial charge in [0.1, 0.15) is 0 Å². The maximum Gasteiger partial charge on any atom is 0.305 e. The van der Waals surface area contributed by atoms with Crippen LogP contribution in [0.25, 0.3) is 0 Å². The molecular formula is C48H95NO5. The third-order valence-electron chi connectivity index (χ3n) is 11.4. The van der Waals surface area contributed by atoms with Crippen molar-refractivity contribution in [2.75, 3.05) is 13.2 Å². The highest BCUT2D eigenvalue weighted by atomic mass is 16.5. The zero-order chi connectivity index (χ0) is 39.4. The van der Waals surface area contributed by atoms with E-state index >= 15 is 0 Å². The molecule has 6 heteroatoms. The maximum atomic E-state index is 12.4. The molecule has 54 heavy (non-hydrogen) atoms. The highest BCUT2D eigenvalue weighted by Crippen LogP contribution is 2.16. The Morgan fingerprint density at radius 1 is 0.444 bits per heavy atom. The second kappa shape index (κ2) is 44.6. The van der Waals surface area contributed by atoms with Crippen molar-refractivity contribution >= 4 is 11.9 Å². The number of nitrogens with one attached hydrogen (secondary N) is 1. The average molecular weight is 766 g/mol. The van der Waals surface area contributed by atoms with Crippen molar-refractivity contribution in [1.82, 2.24) is 5.32 Å². The molecule has 0 bridgehead atoms. The quantitative estimate of drug-likeness (QED) is 0.0424. The summed E-state index contributed by atoms with van der Waals surface area (Å²) in [5.41, 5.74) is 0. The van der Waals surface area contributed by atoms with Crippen LogP contribution >= 0.6 is 0 Å². The van der Waals surface area contributed by atoms with Crippen LogP contribution in [0, 0.1) is 0 Å². The zero-order valence-electron chi connectivity index (χ0n) is 36.5. The predicted molar refractivity (Wildman–Crippen MR) is 232 cm³/mol. The predicted octanol–water partition coefficient (Wildman–Crippen LogP) is 14.0. The van der Waals surface area contributed by atoms with Crippen LogP contribution < -0.4 is 5.32 Å². The van der Waals surface area contributed by atoms with Crippen LogP contribution in [0.2, 0.25) is 0 Å². The van der Waals surface area contributed by atoms with Gasteiger partial charge < -0.3 is 20.3 Å². The molecule has 322 valence electrons. The lowest BCUT2D eigenvalue weighted by molar-refractivity contribution is -0.143. The lowest BCUT2D eigenvalue weighted by atomic mass is 10.0. The van der Waals surface area contributed by atoms with Gasteiger partial charge in [-0.3, -0.25) is 9.59 Å². The first-order valence-corrected chi connectivity index (χ1v) is 24.3. The Morgan fingerprint density at radius 3 is 1.13 bits per heavy atom. The summed E-state index contributed by atoms with van der Waals surface area (Å²) in [6, 6.07) is -0.547. The molecule has 2 unspecified atom stereocenters. The van der Waals surface area contributed by atoms with E-state index in [-0.39, 0.29) is 18.5 Å². The topological polar surface area (TPSA) is 95.9 Å². The minimum Gasteiger partial charge on any atom is -0.466 e. The number of carbonyl (C=O) groups is 2. The molecular weight excluding hydrogens is 671 g/mol. The molecule has 0 spiro atoms. The molecule has 0 aromatic carbocycles. The smallest absolute Gasteiger partial charge is 0.305 e. The first kappa shape index (κ1) is 52.9. The van der Waals surface area contributed by atoms with Gasteiger partial charge in [0.25, 0.3) is 0 Å². The van der Waals surface area contributed by atoms with Gasteiger partial charge in [0, 0.05) is 12.8 Å². The number of esters is 1. The normalized spacial score (nSPS) is 12.6. The maximum absolute atomic E-state index is 12.4. The SMILES string of the molecule is CCCCCCCCCCCCCCCC(=O)OCCCCCCCCCCCCCCCC(=O)NC(CO)C(O)CCCCCCCCCCCCC. The number of amides is 1. The van der Waals surface area contributed by atoms with Gasteiger partial charge in [0.2, 0.25) is 5.91 Å². The standard InChI is InChI=1S/C48H95NO5/c1-3-5-7-9-11-13-15-17-22-26-30-34-38-42-48(53)54-43-39-35-31-27-23-19-16-18-21-25-29-33-37-41-47(52)49-45(44-50)46(51)40-36-32-28-24-20-14-12-10-8-6-4-2/h45-46,50-51H,3-44H2,1-2H3,(H,49,52). The number of rotatable bonds is 45. The van der Waals surface area contributed by atoms with Crippen LogP contribution in [0.3, 0.4) is 0 Å². The lowest BCUT2D eigenvalue weighted by Crippen LogP contribution is -2.45. The highest BCUT2D eigenvalue weighted by molar-refractivity contribution is 5.76. The van der Waals surface area contributed by atoms with Crippen LogP contribution in [0.5, 0.6) is 0 Å². The minimum atomic E-state index is -0.669. The van der Waals surface area contributed by atoms with Gasteiger partial charge in [-0.25, -0.2) is 0 Å². The first-order valence-electron chi connectivity index (χ1n) is 24.3. The van der Waals surface area contributed by atoms with E-state index in [0.29, 0.717) is 25.9 Å². The fourth-order valence-electron chi connectivity index (χ4n) is 7.64. The number of carbonyl (C=O) groups excluding carboxylic acids is 2. The van der Waals surface area contributed by atoms with Crippen molar-refractivity contribution in [3.05, 3.63) is 0 Å². The number of hydrogen-bond donors (Lipinski definition) is 3. The molecule has 1 amide bonds. The molecule has 0 saturated heterocycles. The molecule has 0 fully saturated rings. The van der Waals surface area contributed by atoms with Crippen LogP contribution in [0.1, 0.15) is 271 Å². The summed E-state index contributed by atoms with van der Waals surface area (Å²) in [7, 11) is 0. The van der Waals surface area contributed by atoms with E-state index in [1.807, 2.05) is 0 Å². The molecule has 3 N–H and O–H groups in total. The Balaban J connectivity index is 3.43. The summed E-state index contributed by atoms with van der Waals surface area (Å²) in [5, 5.41) is 23.1. The fourth-order valence-corrected chi connectivity index (χ4v) is 7.64. The number of ether oxygens (including phenoxy) is 1. The van der Waals surface area contributed by atoms with Crippen molar-refractivity contribution in [3.8, 4) is 0 Å². The van der Waals surface area contributed by atoms with Crippen molar-refractivity contribution < 1.29 is 24.5 Å². The van der Waals surface area contributed by atoms with Crippen LogP contribution in [0.4, 0.5) is 0 Å². The Hall–Kier alpha value is -1.14. The Morgan fingerprint density at radius 2 is 0.759 bits per heavy atom. The van der Waals surface area contributed by atoms with Crippen LogP contribution in [-0.4, -0.2) is 47.4 Å². The second-order valence-electron chi connectivity index (χ2n) is 16.8. The third-order valence-corrected chi connectivity index (χ3v) is 11.4. The second-order valence-corrected chi connectivity index (χ2v) is 16.8. The van der Waals surface area contributed by atoms with Gasteiger partial charge in [0.15, 0.2) is 0 Å². The Kier molecular flexibility index (Phi) is 43.6. The summed E-state index contributed by atoms with van der Waals surface area (Å²) >= 11 is 0. The summed E-state index contributed by atoms with van der Waals surface area (Å²) in [6.45, 7) is 4.92. The van der Waals surface area contributed by atoms with Gasteiger partial charge in [-0.05, 0) is 25.7 Å². The highest BCUT2D eigenvalue weighted by Gasteiger charge is 2.20. The fraction of sp³-hybridized carbons (Fsp3) is 0.958. The van der Waals surface area contributed by atoms with Crippen molar-refractivity contribution in [1.29, 1.82) is 0 Å². The van der Waals surface area contributed by atoms with Gasteiger partial charge in [-0.2, -0.15) is 0 Å². The Bertz CT molecular complexity index is 761. The summed E-state index contributed by atoms with van der Waals surface area (Å²) in [5.74, 6) is -0.0517. The Labute approximate surface area is 336 Å². The molecule has 0 rings (SSSR count). The molecule has 0 aliphatic carbocycles. The van der Waals surface area contributed by atoms with E-state index in [1.165, 1.54) is 186 Å².